The summed E-state index contributed by atoms with van der Waals surface area (Å²) in [6.45, 7) is 3.20. The summed E-state index contributed by atoms with van der Waals surface area (Å²) in [4.78, 5) is 16.1. The van der Waals surface area contributed by atoms with Gasteiger partial charge in [0.1, 0.15) is 24.6 Å². The maximum atomic E-state index is 13.2. The van der Waals surface area contributed by atoms with Gasteiger partial charge in [-0.3, -0.25) is 14.6 Å². The van der Waals surface area contributed by atoms with E-state index in [2.05, 4.69) is 4.90 Å². The lowest BCUT2D eigenvalue weighted by Crippen LogP contribution is -2.52. The number of aliphatic hydroxyl groups excluding tert-OH is 1. The number of carbonyl (C=O) groups excluding carboxylic acids is 1. The smallest absolute Gasteiger partial charge is 0.239 e. The van der Waals surface area contributed by atoms with E-state index in [1.54, 1.807) is 31.4 Å². The molecule has 0 radical (unpaired) electrons. The van der Waals surface area contributed by atoms with Crippen molar-refractivity contribution in [2.75, 3.05) is 46.4 Å². The number of piperazine rings is 1. The molecule has 0 bridgehead atoms. The molecule has 0 aliphatic carbocycles. The molecule has 1 aliphatic heterocycles. The average Bonchev–Trinajstić information content (AvgIpc) is 2.75. The van der Waals surface area contributed by atoms with Crippen molar-refractivity contribution in [3.05, 3.63) is 59.9 Å². The van der Waals surface area contributed by atoms with Crippen LogP contribution in [0.4, 0.5) is 4.39 Å². The average molecular weight is 417 g/mol. The van der Waals surface area contributed by atoms with Crippen LogP contribution in [0.15, 0.2) is 48.5 Å². The van der Waals surface area contributed by atoms with Gasteiger partial charge in [0, 0.05) is 32.7 Å². The summed E-state index contributed by atoms with van der Waals surface area (Å²) in [5.41, 5.74) is 6.30. The van der Waals surface area contributed by atoms with Crippen LogP contribution in [0.1, 0.15) is 11.6 Å². The van der Waals surface area contributed by atoms with Crippen LogP contribution >= 0.6 is 0 Å². The van der Waals surface area contributed by atoms with Gasteiger partial charge in [-0.2, -0.15) is 0 Å². The molecule has 30 heavy (non-hydrogen) atoms. The predicted octanol–water partition coefficient (Wildman–Crippen LogP) is 1.42. The number of rotatable bonds is 9. The second-order valence-corrected chi connectivity index (χ2v) is 7.31. The highest BCUT2D eigenvalue weighted by Gasteiger charge is 2.29. The number of methoxy groups -OCH3 is 1. The Balaban J connectivity index is 1.49. The van der Waals surface area contributed by atoms with Crippen LogP contribution in [0.25, 0.3) is 0 Å². The van der Waals surface area contributed by atoms with Crippen molar-refractivity contribution in [2.45, 2.75) is 12.1 Å². The molecule has 0 aromatic heterocycles. The maximum Gasteiger partial charge on any atom is 0.239 e. The number of hydrogen-bond acceptors (Lipinski definition) is 6. The summed E-state index contributed by atoms with van der Waals surface area (Å²) in [5.74, 6) is 0.403. The molecule has 2 atom stereocenters. The van der Waals surface area contributed by atoms with E-state index in [1.165, 1.54) is 12.1 Å². The Bertz CT molecular complexity index is 825. The van der Waals surface area contributed by atoms with E-state index in [1.807, 2.05) is 17.0 Å². The van der Waals surface area contributed by atoms with E-state index in [9.17, 15) is 14.3 Å². The number of para-hydroxylation sites is 2. The van der Waals surface area contributed by atoms with Crippen molar-refractivity contribution in [1.82, 2.24) is 9.80 Å². The number of carbonyl (C=O) groups is 1. The number of nitrogens with two attached hydrogens (primary N) is 1. The normalized spacial score (nSPS) is 17.3. The molecule has 2 aromatic carbocycles. The van der Waals surface area contributed by atoms with Crippen LogP contribution in [0, 0.1) is 5.82 Å². The van der Waals surface area contributed by atoms with E-state index in [4.69, 9.17) is 15.2 Å². The van der Waals surface area contributed by atoms with Crippen molar-refractivity contribution in [1.29, 1.82) is 0 Å². The Labute approximate surface area is 175 Å². The Morgan fingerprint density at radius 2 is 1.73 bits per heavy atom. The number of hydrogen-bond donors (Lipinski definition) is 2. The van der Waals surface area contributed by atoms with Crippen molar-refractivity contribution in [3.63, 3.8) is 0 Å². The second-order valence-electron chi connectivity index (χ2n) is 7.31. The maximum absolute atomic E-state index is 13.2. The molecule has 1 amide bonds. The fourth-order valence-corrected chi connectivity index (χ4v) is 3.68. The Morgan fingerprint density at radius 3 is 2.33 bits per heavy atom. The molecule has 1 fully saturated rings. The summed E-state index contributed by atoms with van der Waals surface area (Å²) in [5, 5.41) is 10.4. The monoisotopic (exact) mass is 417 g/mol. The van der Waals surface area contributed by atoms with Crippen LogP contribution < -0.4 is 15.2 Å². The van der Waals surface area contributed by atoms with Crippen molar-refractivity contribution < 1.29 is 23.8 Å². The third-order valence-electron chi connectivity index (χ3n) is 5.20. The first-order valence-corrected chi connectivity index (χ1v) is 9.93. The predicted molar refractivity (Wildman–Crippen MR) is 111 cm³/mol. The summed E-state index contributed by atoms with van der Waals surface area (Å²) in [6, 6.07) is 12.6. The molecule has 0 saturated carbocycles. The molecule has 7 nitrogen and oxygen atoms in total. The fraction of sp³-hybridized carbons (Fsp3) is 0.409. The Morgan fingerprint density at radius 1 is 1.10 bits per heavy atom. The first kappa shape index (κ1) is 22.0. The molecule has 2 aromatic rings. The number of ether oxygens (including phenoxy) is 2. The summed E-state index contributed by atoms with van der Waals surface area (Å²) < 4.78 is 24.1. The largest absolute Gasteiger partial charge is 0.493 e. The second kappa shape index (κ2) is 10.4. The van der Waals surface area contributed by atoms with Gasteiger partial charge in [-0.05, 0) is 29.8 Å². The van der Waals surface area contributed by atoms with Crippen LogP contribution in [0.3, 0.4) is 0 Å². The molecule has 2 unspecified atom stereocenters. The van der Waals surface area contributed by atoms with E-state index >= 15 is 0 Å². The van der Waals surface area contributed by atoms with Gasteiger partial charge in [0.2, 0.25) is 5.91 Å². The first-order chi connectivity index (χ1) is 14.5. The molecular formula is C22H28FN3O4. The quantitative estimate of drug-likeness (QED) is 0.642. The van der Waals surface area contributed by atoms with Gasteiger partial charge in [-0.25, -0.2) is 4.39 Å². The van der Waals surface area contributed by atoms with Gasteiger partial charge < -0.3 is 20.3 Å². The molecule has 3 N–H and O–H groups in total. The highest BCUT2D eigenvalue weighted by Crippen LogP contribution is 2.26. The van der Waals surface area contributed by atoms with Crippen LogP contribution in [-0.4, -0.2) is 73.4 Å². The van der Waals surface area contributed by atoms with E-state index in [-0.39, 0.29) is 12.4 Å². The van der Waals surface area contributed by atoms with E-state index in [0.717, 1.165) is 0 Å². The molecule has 162 valence electrons. The van der Waals surface area contributed by atoms with Gasteiger partial charge in [0.15, 0.2) is 11.5 Å². The van der Waals surface area contributed by atoms with Gasteiger partial charge >= 0.3 is 0 Å². The van der Waals surface area contributed by atoms with Crippen molar-refractivity contribution >= 4 is 5.91 Å². The number of nitrogens with zero attached hydrogens (tertiary/aromatic N) is 2. The minimum atomic E-state index is -0.662. The fourth-order valence-electron chi connectivity index (χ4n) is 3.68. The van der Waals surface area contributed by atoms with Gasteiger partial charge in [0.05, 0.1) is 7.11 Å². The van der Waals surface area contributed by atoms with Crippen LogP contribution in [-0.2, 0) is 4.79 Å². The van der Waals surface area contributed by atoms with Crippen molar-refractivity contribution in [3.8, 4) is 11.5 Å². The number of amides is 1. The van der Waals surface area contributed by atoms with Crippen LogP contribution in [0.2, 0.25) is 0 Å². The summed E-state index contributed by atoms with van der Waals surface area (Å²) in [7, 11) is 1.57. The standard InChI is InChI=1S/C22H28FN3O4/c1-29-19-4-2-3-5-20(19)30-15-18(27)14-25-10-12-26(13-11-25)21(22(24)28)16-6-8-17(23)9-7-16/h2-9,18,21,27H,10-15H2,1H3,(H2,24,28). The molecule has 8 heteroatoms. The first-order valence-electron chi connectivity index (χ1n) is 9.93. The molecule has 0 spiro atoms. The topological polar surface area (TPSA) is 88.3 Å². The zero-order chi connectivity index (χ0) is 21.5. The summed E-state index contributed by atoms with van der Waals surface area (Å²) in [6.07, 6.45) is -0.662. The SMILES string of the molecule is COc1ccccc1OCC(O)CN1CCN(C(C(N)=O)c2ccc(F)cc2)CC1. The molecule has 1 heterocycles. The highest BCUT2D eigenvalue weighted by molar-refractivity contribution is 5.81. The number of primary amides is 1. The van der Waals surface area contributed by atoms with E-state index in [0.29, 0.717) is 49.8 Å². The highest BCUT2D eigenvalue weighted by atomic mass is 19.1. The number of aliphatic hydroxyl groups is 1. The zero-order valence-corrected chi connectivity index (χ0v) is 17.0. The molecular weight excluding hydrogens is 389 g/mol. The lowest BCUT2D eigenvalue weighted by Gasteiger charge is -2.38. The number of halogens is 1. The van der Waals surface area contributed by atoms with Gasteiger partial charge in [0.25, 0.3) is 0 Å². The number of benzene rings is 2. The van der Waals surface area contributed by atoms with Crippen molar-refractivity contribution in [2.24, 2.45) is 5.73 Å². The molecule has 3 rings (SSSR count). The number of β-amino-alcohol motifs (C(OH)–C–C–N with tert-alkyl or cyclic N) is 1. The van der Waals surface area contributed by atoms with Crippen LogP contribution in [0.5, 0.6) is 11.5 Å². The Kier molecular flexibility index (Phi) is 7.62. The Hall–Kier alpha value is -2.68. The van der Waals surface area contributed by atoms with Gasteiger partial charge in [-0.15, -0.1) is 0 Å². The third kappa shape index (κ3) is 5.69. The molecule has 1 aliphatic rings. The summed E-state index contributed by atoms with van der Waals surface area (Å²) >= 11 is 0. The minimum absolute atomic E-state index is 0.153. The molecule has 1 saturated heterocycles. The van der Waals surface area contributed by atoms with E-state index < -0.39 is 18.1 Å². The zero-order valence-electron chi connectivity index (χ0n) is 17.0. The lowest BCUT2D eigenvalue weighted by atomic mass is 10.0. The lowest BCUT2D eigenvalue weighted by molar-refractivity contribution is -0.124. The minimum Gasteiger partial charge on any atom is -0.493 e. The third-order valence-corrected chi connectivity index (χ3v) is 5.20. The van der Waals surface area contributed by atoms with Gasteiger partial charge in [-0.1, -0.05) is 24.3 Å².